The maximum absolute atomic E-state index is 5.57. The van der Waals surface area contributed by atoms with Crippen molar-refractivity contribution in [2.75, 3.05) is 26.0 Å². The van der Waals surface area contributed by atoms with Gasteiger partial charge < -0.3 is 15.5 Å². The summed E-state index contributed by atoms with van der Waals surface area (Å²) < 4.78 is 5.57. The topological polar surface area (TPSA) is 80.7 Å². The standard InChI is InChI=1S/C20H30N4O.H2O/c1-6-9-15(7-2)16-10-11-18(25-5)17-14-19(23-20(16)17)22-12-8-13-24(4)21-3;/h8,10-11,13,15H,3,6-7,9,12,14H2,1-2,4-5H3,(H,22,23);1H2/b13-8+;. The lowest BCUT2D eigenvalue weighted by atomic mass is 9.89. The molecule has 6 heteroatoms. The molecule has 0 radical (unpaired) electrons. The fourth-order valence-corrected chi connectivity index (χ4v) is 3.29. The van der Waals surface area contributed by atoms with Gasteiger partial charge in [0.05, 0.1) is 19.3 Å². The highest BCUT2D eigenvalue weighted by atomic mass is 16.5. The molecule has 0 spiro atoms. The summed E-state index contributed by atoms with van der Waals surface area (Å²) in [4.78, 5) is 4.67. The Kier molecular flexibility index (Phi) is 8.85. The second kappa shape index (κ2) is 10.6. The Bertz CT molecular complexity index is 655. The molecule has 2 rings (SSSR count). The molecule has 1 aromatic carbocycles. The fourth-order valence-electron chi connectivity index (χ4n) is 3.29. The maximum atomic E-state index is 5.57. The number of hydrogen-bond donors (Lipinski definition) is 1. The predicted octanol–water partition coefficient (Wildman–Crippen LogP) is 3.59. The van der Waals surface area contributed by atoms with E-state index in [9.17, 15) is 0 Å². The molecule has 0 fully saturated rings. The van der Waals surface area contributed by atoms with Crippen molar-refractivity contribution in [1.82, 2.24) is 5.01 Å². The zero-order valence-electron chi connectivity index (χ0n) is 16.4. The number of anilines is 1. The van der Waals surface area contributed by atoms with Gasteiger partial charge in [0.15, 0.2) is 0 Å². The van der Waals surface area contributed by atoms with Gasteiger partial charge in [-0.15, -0.1) is 0 Å². The lowest BCUT2D eigenvalue weighted by Gasteiger charge is -2.19. The van der Waals surface area contributed by atoms with E-state index in [0.29, 0.717) is 12.5 Å². The van der Waals surface area contributed by atoms with Gasteiger partial charge in [0, 0.05) is 31.9 Å². The lowest BCUT2D eigenvalue weighted by molar-refractivity contribution is 0.411. The summed E-state index contributed by atoms with van der Waals surface area (Å²) in [6.07, 6.45) is 8.15. The van der Waals surface area contributed by atoms with Crippen LogP contribution in [-0.4, -0.2) is 43.7 Å². The van der Waals surface area contributed by atoms with Crippen LogP contribution in [0.4, 0.5) is 5.69 Å². The van der Waals surface area contributed by atoms with Crippen LogP contribution in [-0.2, 0) is 6.42 Å². The molecule has 144 valence electrons. The van der Waals surface area contributed by atoms with E-state index < -0.39 is 0 Å². The first-order valence-electron chi connectivity index (χ1n) is 9.00. The molecule has 0 saturated heterocycles. The molecule has 1 heterocycles. The zero-order valence-corrected chi connectivity index (χ0v) is 16.4. The number of aliphatic imine (C=N–C) groups is 1. The maximum Gasteiger partial charge on any atom is 0.124 e. The van der Waals surface area contributed by atoms with Crippen LogP contribution in [0, 0.1) is 0 Å². The highest BCUT2D eigenvalue weighted by Crippen LogP contribution is 2.40. The average molecular weight is 361 g/mol. The molecule has 1 atom stereocenters. The van der Waals surface area contributed by atoms with E-state index in [1.165, 1.54) is 29.7 Å². The van der Waals surface area contributed by atoms with Crippen LogP contribution in [0.2, 0.25) is 0 Å². The Morgan fingerprint density at radius 1 is 1.38 bits per heavy atom. The van der Waals surface area contributed by atoms with Crippen molar-refractivity contribution >= 4 is 18.2 Å². The van der Waals surface area contributed by atoms with E-state index in [2.05, 4.69) is 48.1 Å². The Morgan fingerprint density at radius 2 is 2.15 bits per heavy atom. The first-order valence-corrected chi connectivity index (χ1v) is 9.00. The van der Waals surface area contributed by atoms with Crippen LogP contribution in [0.5, 0.6) is 5.75 Å². The van der Waals surface area contributed by atoms with Crippen molar-refractivity contribution in [3.63, 3.8) is 0 Å². The van der Waals surface area contributed by atoms with E-state index in [1.807, 2.05) is 19.3 Å². The van der Waals surface area contributed by atoms with Crippen LogP contribution < -0.4 is 10.1 Å². The molecule has 1 aromatic rings. The van der Waals surface area contributed by atoms with Crippen LogP contribution in [0.25, 0.3) is 0 Å². The summed E-state index contributed by atoms with van der Waals surface area (Å²) in [5.41, 5.74) is 3.81. The number of nitrogens with zero attached hydrogens (tertiary/aromatic N) is 3. The Morgan fingerprint density at radius 3 is 2.77 bits per heavy atom. The zero-order chi connectivity index (χ0) is 18.2. The minimum absolute atomic E-state index is 0. The number of hydrazone groups is 1. The summed E-state index contributed by atoms with van der Waals surface area (Å²) in [6, 6.07) is 4.31. The van der Waals surface area contributed by atoms with Gasteiger partial charge in [-0.3, -0.25) is 10.0 Å². The quantitative estimate of drug-likeness (QED) is 0.540. The van der Waals surface area contributed by atoms with Gasteiger partial charge in [-0.1, -0.05) is 26.3 Å². The Balaban J connectivity index is 0.00000338. The number of hydrogen-bond acceptors (Lipinski definition) is 4. The minimum atomic E-state index is 0. The van der Waals surface area contributed by atoms with E-state index in [1.54, 1.807) is 12.1 Å². The van der Waals surface area contributed by atoms with Crippen molar-refractivity contribution in [2.24, 2.45) is 10.1 Å². The van der Waals surface area contributed by atoms with Gasteiger partial charge in [0.2, 0.25) is 0 Å². The van der Waals surface area contributed by atoms with Gasteiger partial charge in [-0.05, 0) is 36.5 Å². The van der Waals surface area contributed by atoms with E-state index in [-0.39, 0.29) is 5.48 Å². The van der Waals surface area contributed by atoms with Crippen molar-refractivity contribution in [1.29, 1.82) is 0 Å². The second-order valence-electron chi connectivity index (χ2n) is 6.29. The summed E-state index contributed by atoms with van der Waals surface area (Å²) in [7, 11) is 3.57. The molecule has 1 aliphatic heterocycles. The monoisotopic (exact) mass is 360 g/mol. The number of amidine groups is 1. The molecule has 3 N–H and O–H groups in total. The first kappa shape index (κ1) is 21.7. The van der Waals surface area contributed by atoms with Crippen LogP contribution >= 0.6 is 0 Å². The largest absolute Gasteiger partial charge is 0.496 e. The number of methoxy groups -OCH3 is 1. The highest BCUT2D eigenvalue weighted by Gasteiger charge is 2.25. The van der Waals surface area contributed by atoms with Crippen molar-refractivity contribution in [3.8, 4) is 5.75 Å². The predicted molar refractivity (Wildman–Crippen MR) is 111 cm³/mol. The smallest absolute Gasteiger partial charge is 0.124 e. The van der Waals surface area contributed by atoms with Crippen LogP contribution in [0.3, 0.4) is 0 Å². The first-order chi connectivity index (χ1) is 12.1. The molecule has 0 saturated carbocycles. The molecule has 0 aliphatic carbocycles. The van der Waals surface area contributed by atoms with Gasteiger partial charge >= 0.3 is 0 Å². The van der Waals surface area contributed by atoms with Crippen molar-refractivity contribution < 1.29 is 10.2 Å². The van der Waals surface area contributed by atoms with Gasteiger partial charge in [0.1, 0.15) is 11.6 Å². The normalized spacial score (nSPS) is 15.3. The third-order valence-electron chi connectivity index (χ3n) is 4.64. The number of fused-ring (bicyclic) bond motifs is 1. The summed E-state index contributed by atoms with van der Waals surface area (Å²) in [5.74, 6) is 2.50. The van der Waals surface area contributed by atoms with E-state index in [4.69, 9.17) is 4.74 Å². The molecular weight excluding hydrogens is 328 g/mol. The third-order valence-corrected chi connectivity index (χ3v) is 4.64. The summed E-state index contributed by atoms with van der Waals surface area (Å²) >= 11 is 0. The number of ether oxygens (including phenoxy) is 1. The molecule has 1 unspecified atom stereocenters. The molecular formula is C20H32N4O2. The van der Waals surface area contributed by atoms with Gasteiger partial charge in [-0.25, -0.2) is 0 Å². The van der Waals surface area contributed by atoms with Gasteiger partial charge in [0.25, 0.3) is 0 Å². The third kappa shape index (κ3) is 5.08. The van der Waals surface area contributed by atoms with Crippen molar-refractivity contribution in [2.45, 2.75) is 45.4 Å². The highest BCUT2D eigenvalue weighted by molar-refractivity contribution is 6.04. The summed E-state index contributed by atoms with van der Waals surface area (Å²) in [5, 5.41) is 8.99. The molecule has 0 bridgehead atoms. The fraction of sp³-hybridized carbons (Fsp3) is 0.500. The number of benzene rings is 1. The van der Waals surface area contributed by atoms with Gasteiger partial charge in [-0.2, -0.15) is 5.10 Å². The Hall–Kier alpha value is -2.34. The lowest BCUT2D eigenvalue weighted by Crippen LogP contribution is -2.09. The minimum Gasteiger partial charge on any atom is -0.496 e. The van der Waals surface area contributed by atoms with Crippen molar-refractivity contribution in [3.05, 3.63) is 35.5 Å². The number of nitrogens with one attached hydrogen (secondary N) is 1. The molecule has 0 aromatic heterocycles. The van der Waals surface area contributed by atoms with E-state index >= 15 is 0 Å². The van der Waals surface area contributed by atoms with E-state index in [0.717, 1.165) is 24.4 Å². The van der Waals surface area contributed by atoms with Crippen LogP contribution in [0.1, 0.15) is 50.2 Å². The molecule has 0 amide bonds. The SMILES string of the molecule is C=NN(C)/C=C/CN=C1Cc2c(OC)ccc(C(CC)CCC)c2N1.O. The van der Waals surface area contributed by atoms with Crippen LogP contribution in [0.15, 0.2) is 34.5 Å². The molecule has 1 aliphatic rings. The second-order valence-corrected chi connectivity index (χ2v) is 6.29. The Labute approximate surface area is 157 Å². The molecule has 6 nitrogen and oxygen atoms in total. The average Bonchev–Trinajstić information content (AvgIpc) is 3.06. The molecule has 26 heavy (non-hydrogen) atoms. The number of rotatable bonds is 9. The summed E-state index contributed by atoms with van der Waals surface area (Å²) in [6.45, 7) is 8.59.